The van der Waals surface area contributed by atoms with E-state index in [1.165, 1.54) is 0 Å². The number of ether oxygens (including phenoxy) is 4. The molecule has 7 heteroatoms. The second-order valence-electron chi connectivity index (χ2n) is 8.26. The van der Waals surface area contributed by atoms with Crippen LogP contribution in [0.4, 0.5) is 0 Å². The van der Waals surface area contributed by atoms with Crippen LogP contribution in [0, 0.1) is 5.92 Å². The summed E-state index contributed by atoms with van der Waals surface area (Å²) in [5, 5.41) is 0. The van der Waals surface area contributed by atoms with Gasteiger partial charge in [-0.15, -0.1) is 0 Å². The molecule has 0 amide bonds. The zero-order valence-electron chi connectivity index (χ0n) is 19.6. The highest BCUT2D eigenvalue weighted by Gasteiger charge is 2.32. The predicted octanol–water partition coefficient (Wildman–Crippen LogP) is 4.99. The summed E-state index contributed by atoms with van der Waals surface area (Å²) in [5.74, 6) is -0.185. The highest BCUT2D eigenvalue weighted by atomic mass is 16.6. The molecule has 0 aromatic heterocycles. The molecule has 0 bridgehead atoms. The van der Waals surface area contributed by atoms with Crippen LogP contribution in [-0.2, 0) is 23.9 Å². The summed E-state index contributed by atoms with van der Waals surface area (Å²) in [6.07, 6.45) is 3.59. The Labute approximate surface area is 190 Å². The van der Waals surface area contributed by atoms with Crippen molar-refractivity contribution >= 4 is 17.9 Å². The van der Waals surface area contributed by atoms with E-state index in [9.17, 15) is 14.4 Å². The summed E-state index contributed by atoms with van der Waals surface area (Å²) in [7, 11) is 0. The van der Waals surface area contributed by atoms with Crippen molar-refractivity contribution < 1.29 is 33.3 Å². The minimum absolute atomic E-state index is 0.128. The molecule has 1 aromatic carbocycles. The third-order valence-electron chi connectivity index (χ3n) is 5.62. The lowest BCUT2D eigenvalue weighted by molar-refractivity contribution is -0.173. The molecule has 0 aliphatic heterocycles. The van der Waals surface area contributed by atoms with Crippen LogP contribution in [0.1, 0.15) is 79.1 Å². The van der Waals surface area contributed by atoms with Crippen LogP contribution in [-0.4, -0.2) is 36.2 Å². The standard InChI is InChI=1S/C25H36O7/c1-5-8-22(32-23(26)7-3)25(28)31-20-11-9-18(10-12-20)24(27)30-21-15-13-19(14-16-21)29-17(4)6-2/h13-18,20,22H,5-12H2,1-4H3. The number of carbonyl (C=O) groups excluding carboxylic acids is 3. The fraction of sp³-hybridized carbons (Fsp3) is 0.640. The molecule has 1 aliphatic rings. The number of esters is 3. The fourth-order valence-corrected chi connectivity index (χ4v) is 3.49. The Balaban J connectivity index is 1.79. The molecule has 0 N–H and O–H groups in total. The SMILES string of the molecule is CCCC(OC(=O)CC)C(=O)OC1CCC(C(=O)Oc2ccc(OC(C)CC)cc2)CC1. The van der Waals surface area contributed by atoms with Gasteiger partial charge in [0.15, 0.2) is 6.10 Å². The van der Waals surface area contributed by atoms with E-state index < -0.39 is 18.0 Å². The van der Waals surface area contributed by atoms with E-state index in [0.717, 1.165) is 12.2 Å². The van der Waals surface area contributed by atoms with E-state index in [4.69, 9.17) is 18.9 Å². The highest BCUT2D eigenvalue weighted by molar-refractivity contribution is 5.79. The molecule has 32 heavy (non-hydrogen) atoms. The molecular formula is C25H36O7. The third-order valence-corrected chi connectivity index (χ3v) is 5.62. The molecule has 7 nitrogen and oxygen atoms in total. The molecule has 1 aliphatic carbocycles. The summed E-state index contributed by atoms with van der Waals surface area (Å²) in [6.45, 7) is 7.67. The van der Waals surface area contributed by atoms with Crippen LogP contribution in [0.25, 0.3) is 0 Å². The average molecular weight is 449 g/mol. The third kappa shape index (κ3) is 8.17. The Bertz CT molecular complexity index is 735. The van der Waals surface area contributed by atoms with Crippen LogP contribution in [0.15, 0.2) is 24.3 Å². The zero-order chi connectivity index (χ0) is 23.5. The minimum Gasteiger partial charge on any atom is -0.491 e. The monoisotopic (exact) mass is 448 g/mol. The number of benzene rings is 1. The predicted molar refractivity (Wildman–Crippen MR) is 119 cm³/mol. The van der Waals surface area contributed by atoms with Gasteiger partial charge < -0.3 is 18.9 Å². The summed E-state index contributed by atoms with van der Waals surface area (Å²) < 4.78 is 22.0. The Morgan fingerprint density at radius 2 is 1.59 bits per heavy atom. The van der Waals surface area contributed by atoms with Gasteiger partial charge in [-0.05, 0) is 69.7 Å². The number of rotatable bonds is 11. The quantitative estimate of drug-likeness (QED) is 0.348. The summed E-state index contributed by atoms with van der Waals surface area (Å²) >= 11 is 0. The van der Waals surface area contributed by atoms with Crippen LogP contribution in [0.2, 0.25) is 0 Å². The molecule has 0 saturated heterocycles. The van der Waals surface area contributed by atoms with Gasteiger partial charge in [0, 0.05) is 6.42 Å². The molecule has 0 radical (unpaired) electrons. The molecule has 2 rings (SSSR count). The molecule has 178 valence electrons. The van der Waals surface area contributed by atoms with Gasteiger partial charge in [-0.1, -0.05) is 27.2 Å². The Kier molecular flexibility index (Phi) is 10.5. The molecule has 0 heterocycles. The Morgan fingerprint density at radius 3 is 2.16 bits per heavy atom. The van der Waals surface area contributed by atoms with Gasteiger partial charge in [0.05, 0.1) is 12.0 Å². The maximum absolute atomic E-state index is 12.5. The first-order valence-corrected chi connectivity index (χ1v) is 11.7. The van der Waals surface area contributed by atoms with Gasteiger partial charge in [-0.25, -0.2) is 4.79 Å². The van der Waals surface area contributed by atoms with Gasteiger partial charge in [-0.3, -0.25) is 9.59 Å². The smallest absolute Gasteiger partial charge is 0.347 e. The van der Waals surface area contributed by atoms with Crippen molar-refractivity contribution in [3.8, 4) is 11.5 Å². The van der Waals surface area contributed by atoms with Crippen molar-refractivity contribution in [1.29, 1.82) is 0 Å². The van der Waals surface area contributed by atoms with E-state index in [1.807, 2.05) is 13.8 Å². The molecular weight excluding hydrogens is 412 g/mol. The lowest BCUT2D eigenvalue weighted by Gasteiger charge is -2.28. The number of hydrogen-bond acceptors (Lipinski definition) is 7. The highest BCUT2D eigenvalue weighted by Crippen LogP contribution is 2.29. The maximum Gasteiger partial charge on any atom is 0.347 e. The largest absolute Gasteiger partial charge is 0.491 e. The van der Waals surface area contributed by atoms with Crippen molar-refractivity contribution in [2.75, 3.05) is 0 Å². The van der Waals surface area contributed by atoms with Gasteiger partial charge in [0.2, 0.25) is 0 Å². The average Bonchev–Trinajstić information content (AvgIpc) is 2.80. The Hall–Kier alpha value is -2.57. The van der Waals surface area contributed by atoms with Crippen molar-refractivity contribution in [2.24, 2.45) is 5.92 Å². The fourth-order valence-electron chi connectivity index (χ4n) is 3.49. The summed E-state index contributed by atoms with van der Waals surface area (Å²) in [5.41, 5.74) is 0. The van der Waals surface area contributed by atoms with Crippen molar-refractivity contribution in [2.45, 2.75) is 97.4 Å². The second kappa shape index (κ2) is 13.1. The minimum atomic E-state index is -0.859. The first-order valence-electron chi connectivity index (χ1n) is 11.7. The van der Waals surface area contributed by atoms with Crippen LogP contribution >= 0.6 is 0 Å². The molecule has 1 fully saturated rings. The summed E-state index contributed by atoms with van der Waals surface area (Å²) in [4.78, 5) is 36.5. The summed E-state index contributed by atoms with van der Waals surface area (Å²) in [6, 6.07) is 7.05. The molecule has 1 aromatic rings. The van der Waals surface area contributed by atoms with E-state index >= 15 is 0 Å². The topological polar surface area (TPSA) is 88.1 Å². The van der Waals surface area contributed by atoms with Crippen molar-refractivity contribution in [3.63, 3.8) is 0 Å². The van der Waals surface area contributed by atoms with Crippen LogP contribution < -0.4 is 9.47 Å². The number of hydrogen-bond donors (Lipinski definition) is 0. The van der Waals surface area contributed by atoms with Crippen molar-refractivity contribution in [1.82, 2.24) is 0 Å². The lowest BCUT2D eigenvalue weighted by Crippen LogP contribution is -2.35. The molecule has 1 saturated carbocycles. The van der Waals surface area contributed by atoms with Crippen LogP contribution in [0.5, 0.6) is 11.5 Å². The normalized spacial score (nSPS) is 20.0. The lowest BCUT2D eigenvalue weighted by atomic mass is 9.87. The van der Waals surface area contributed by atoms with E-state index in [2.05, 4.69) is 6.92 Å². The van der Waals surface area contributed by atoms with Gasteiger partial charge in [0.1, 0.15) is 17.6 Å². The zero-order valence-corrected chi connectivity index (χ0v) is 19.6. The first-order chi connectivity index (χ1) is 15.4. The van der Waals surface area contributed by atoms with E-state index in [0.29, 0.717) is 44.3 Å². The van der Waals surface area contributed by atoms with Gasteiger partial charge in [0.25, 0.3) is 0 Å². The van der Waals surface area contributed by atoms with E-state index in [1.54, 1.807) is 31.2 Å². The molecule has 2 unspecified atom stereocenters. The maximum atomic E-state index is 12.5. The van der Waals surface area contributed by atoms with E-state index in [-0.39, 0.29) is 30.5 Å². The van der Waals surface area contributed by atoms with Crippen molar-refractivity contribution in [3.05, 3.63) is 24.3 Å². The van der Waals surface area contributed by atoms with Gasteiger partial charge in [-0.2, -0.15) is 0 Å². The molecule has 0 spiro atoms. The number of carbonyl (C=O) groups is 3. The molecule has 2 atom stereocenters. The van der Waals surface area contributed by atoms with Crippen LogP contribution in [0.3, 0.4) is 0 Å². The first kappa shape index (κ1) is 25.7. The Morgan fingerprint density at radius 1 is 0.969 bits per heavy atom. The second-order valence-corrected chi connectivity index (χ2v) is 8.26. The van der Waals surface area contributed by atoms with Gasteiger partial charge >= 0.3 is 17.9 Å².